The topological polar surface area (TPSA) is 49.3 Å². The van der Waals surface area contributed by atoms with Gasteiger partial charge in [-0.05, 0) is 24.5 Å². The van der Waals surface area contributed by atoms with Crippen molar-refractivity contribution in [1.82, 2.24) is 5.32 Å². The summed E-state index contributed by atoms with van der Waals surface area (Å²) in [7, 11) is 0. The van der Waals surface area contributed by atoms with E-state index >= 15 is 0 Å². The van der Waals surface area contributed by atoms with Gasteiger partial charge in [0.25, 0.3) is 5.91 Å². The highest BCUT2D eigenvalue weighted by Gasteiger charge is 2.18. The van der Waals surface area contributed by atoms with E-state index in [0.29, 0.717) is 12.5 Å². The van der Waals surface area contributed by atoms with E-state index in [1.54, 1.807) is 0 Å². The van der Waals surface area contributed by atoms with Gasteiger partial charge in [0.1, 0.15) is 17.1 Å². The van der Waals surface area contributed by atoms with Crippen molar-refractivity contribution in [2.24, 2.45) is 5.92 Å². The van der Waals surface area contributed by atoms with E-state index in [9.17, 15) is 14.3 Å². The van der Waals surface area contributed by atoms with Crippen molar-refractivity contribution >= 4 is 5.91 Å². The number of carbonyl (C=O) groups excluding carboxylic acids is 1. The fourth-order valence-electron chi connectivity index (χ4n) is 2.51. The van der Waals surface area contributed by atoms with Crippen molar-refractivity contribution in [3.05, 3.63) is 29.6 Å². The Labute approximate surface area is 106 Å². The van der Waals surface area contributed by atoms with Crippen LogP contribution in [0.3, 0.4) is 0 Å². The number of phenolic OH excluding ortho intramolecular Hbond substituents is 1. The van der Waals surface area contributed by atoms with Crippen molar-refractivity contribution in [3.63, 3.8) is 0 Å². The van der Waals surface area contributed by atoms with Crippen LogP contribution in [-0.2, 0) is 0 Å². The zero-order valence-electron chi connectivity index (χ0n) is 10.3. The Morgan fingerprint density at radius 3 is 2.78 bits per heavy atom. The van der Waals surface area contributed by atoms with Crippen LogP contribution in [-0.4, -0.2) is 17.6 Å². The molecule has 4 heteroatoms. The smallest absolute Gasteiger partial charge is 0.258 e. The Balaban J connectivity index is 1.87. The van der Waals surface area contributed by atoms with Crippen LogP contribution in [0.2, 0.25) is 0 Å². The van der Waals surface area contributed by atoms with Crippen LogP contribution in [0.25, 0.3) is 0 Å². The fourth-order valence-corrected chi connectivity index (χ4v) is 2.51. The molecule has 1 amide bonds. The summed E-state index contributed by atoms with van der Waals surface area (Å²) >= 11 is 0. The SMILES string of the molecule is O=C(NCCC1CCCC1)c1c(O)cccc1F. The van der Waals surface area contributed by atoms with Crippen molar-refractivity contribution in [2.45, 2.75) is 32.1 Å². The second-order valence-corrected chi connectivity index (χ2v) is 4.83. The molecule has 0 atom stereocenters. The maximum atomic E-state index is 13.4. The average Bonchev–Trinajstić information content (AvgIpc) is 2.82. The molecule has 2 N–H and O–H groups in total. The Bertz CT molecular complexity index is 408. The number of hydrogen-bond acceptors (Lipinski definition) is 2. The largest absolute Gasteiger partial charge is 0.507 e. The summed E-state index contributed by atoms with van der Waals surface area (Å²) in [4.78, 5) is 11.7. The Morgan fingerprint density at radius 1 is 1.39 bits per heavy atom. The Morgan fingerprint density at radius 2 is 2.11 bits per heavy atom. The molecule has 1 aliphatic carbocycles. The summed E-state index contributed by atoms with van der Waals surface area (Å²) in [6, 6.07) is 3.86. The molecule has 18 heavy (non-hydrogen) atoms. The number of aromatic hydroxyl groups is 1. The first-order chi connectivity index (χ1) is 8.68. The lowest BCUT2D eigenvalue weighted by molar-refractivity contribution is 0.0944. The third kappa shape index (κ3) is 3.00. The summed E-state index contributed by atoms with van der Waals surface area (Å²) in [5.41, 5.74) is -0.260. The van der Waals surface area contributed by atoms with Crippen molar-refractivity contribution in [3.8, 4) is 5.75 Å². The lowest BCUT2D eigenvalue weighted by Gasteiger charge is -2.10. The molecule has 0 spiro atoms. The number of nitrogens with one attached hydrogen (secondary N) is 1. The number of phenols is 1. The number of hydrogen-bond donors (Lipinski definition) is 2. The predicted molar refractivity (Wildman–Crippen MR) is 67.0 cm³/mol. The maximum absolute atomic E-state index is 13.4. The van der Waals surface area contributed by atoms with Crippen molar-refractivity contribution in [2.75, 3.05) is 6.54 Å². The number of carbonyl (C=O) groups is 1. The van der Waals surface area contributed by atoms with Crippen molar-refractivity contribution < 1.29 is 14.3 Å². The molecule has 1 saturated carbocycles. The van der Waals surface area contributed by atoms with Gasteiger partial charge in [-0.1, -0.05) is 31.7 Å². The van der Waals surface area contributed by atoms with Crippen LogP contribution >= 0.6 is 0 Å². The maximum Gasteiger partial charge on any atom is 0.258 e. The minimum absolute atomic E-state index is 0.260. The highest BCUT2D eigenvalue weighted by molar-refractivity contribution is 5.97. The molecule has 98 valence electrons. The number of rotatable bonds is 4. The lowest BCUT2D eigenvalue weighted by Crippen LogP contribution is -2.26. The molecule has 1 aromatic rings. The van der Waals surface area contributed by atoms with Crippen LogP contribution in [0, 0.1) is 11.7 Å². The number of benzene rings is 1. The van der Waals surface area contributed by atoms with E-state index in [0.717, 1.165) is 6.42 Å². The molecule has 3 nitrogen and oxygen atoms in total. The monoisotopic (exact) mass is 251 g/mol. The van der Waals surface area contributed by atoms with E-state index in [1.807, 2.05) is 0 Å². The van der Waals surface area contributed by atoms with E-state index in [2.05, 4.69) is 5.32 Å². The van der Waals surface area contributed by atoms with E-state index in [1.165, 1.54) is 43.9 Å². The normalized spacial score (nSPS) is 15.8. The number of amides is 1. The third-order valence-corrected chi connectivity index (χ3v) is 3.53. The van der Waals surface area contributed by atoms with Gasteiger partial charge in [-0.2, -0.15) is 0 Å². The van der Waals surface area contributed by atoms with Crippen LogP contribution < -0.4 is 5.32 Å². The molecule has 0 radical (unpaired) electrons. The van der Waals surface area contributed by atoms with Gasteiger partial charge in [0.05, 0.1) is 0 Å². The Hall–Kier alpha value is -1.58. The van der Waals surface area contributed by atoms with Crippen molar-refractivity contribution in [1.29, 1.82) is 0 Å². The molecular formula is C14H18FNO2. The second kappa shape index (κ2) is 5.85. The van der Waals surface area contributed by atoms with Gasteiger partial charge in [-0.25, -0.2) is 4.39 Å². The van der Waals surface area contributed by atoms with E-state index in [-0.39, 0.29) is 11.3 Å². The standard InChI is InChI=1S/C14H18FNO2/c15-11-6-3-7-12(17)13(11)14(18)16-9-8-10-4-1-2-5-10/h3,6-7,10,17H,1-2,4-5,8-9H2,(H,16,18). The predicted octanol–water partition coefficient (Wildman–Crippen LogP) is 2.84. The van der Waals surface area contributed by atoms with Gasteiger partial charge < -0.3 is 10.4 Å². The molecule has 0 bridgehead atoms. The average molecular weight is 251 g/mol. The van der Waals surface area contributed by atoms with Crippen LogP contribution in [0.5, 0.6) is 5.75 Å². The quantitative estimate of drug-likeness (QED) is 0.864. The molecule has 0 aliphatic heterocycles. The minimum atomic E-state index is -0.687. The summed E-state index contributed by atoms with van der Waals surface area (Å²) in [5, 5.41) is 12.1. The second-order valence-electron chi connectivity index (χ2n) is 4.83. The molecule has 2 rings (SSSR count). The molecular weight excluding hydrogens is 233 g/mol. The highest BCUT2D eigenvalue weighted by atomic mass is 19.1. The minimum Gasteiger partial charge on any atom is -0.507 e. The lowest BCUT2D eigenvalue weighted by atomic mass is 10.0. The summed E-state index contributed by atoms with van der Waals surface area (Å²) in [6.07, 6.45) is 5.92. The molecule has 1 aromatic carbocycles. The number of halogens is 1. The molecule has 0 heterocycles. The molecule has 0 aromatic heterocycles. The van der Waals surface area contributed by atoms with Gasteiger partial charge >= 0.3 is 0 Å². The molecule has 1 aliphatic rings. The summed E-state index contributed by atoms with van der Waals surface area (Å²) in [6.45, 7) is 0.539. The molecule has 1 fully saturated rings. The zero-order valence-corrected chi connectivity index (χ0v) is 10.3. The van der Waals surface area contributed by atoms with Crippen LogP contribution in [0.4, 0.5) is 4.39 Å². The van der Waals surface area contributed by atoms with Gasteiger partial charge in [0.2, 0.25) is 0 Å². The summed E-state index contributed by atoms with van der Waals surface area (Å²) in [5.74, 6) is -0.857. The van der Waals surface area contributed by atoms with Gasteiger partial charge in [-0.15, -0.1) is 0 Å². The van der Waals surface area contributed by atoms with Gasteiger partial charge in [0, 0.05) is 6.54 Å². The third-order valence-electron chi connectivity index (χ3n) is 3.53. The first-order valence-corrected chi connectivity index (χ1v) is 6.44. The molecule has 0 unspecified atom stereocenters. The summed E-state index contributed by atoms with van der Waals surface area (Å²) < 4.78 is 13.4. The van der Waals surface area contributed by atoms with Gasteiger partial charge in [-0.3, -0.25) is 4.79 Å². The van der Waals surface area contributed by atoms with Crippen LogP contribution in [0.15, 0.2) is 18.2 Å². The highest BCUT2D eigenvalue weighted by Crippen LogP contribution is 2.27. The molecule has 0 saturated heterocycles. The van der Waals surface area contributed by atoms with Crippen LogP contribution in [0.1, 0.15) is 42.5 Å². The Kier molecular flexibility index (Phi) is 4.18. The van der Waals surface area contributed by atoms with E-state index in [4.69, 9.17) is 0 Å². The first-order valence-electron chi connectivity index (χ1n) is 6.44. The van der Waals surface area contributed by atoms with Gasteiger partial charge in [0.15, 0.2) is 0 Å². The first kappa shape index (κ1) is 12.9. The fraction of sp³-hybridized carbons (Fsp3) is 0.500. The zero-order chi connectivity index (χ0) is 13.0. The van der Waals surface area contributed by atoms with E-state index < -0.39 is 11.7 Å².